The predicted octanol–water partition coefficient (Wildman–Crippen LogP) is 0.976. The van der Waals surface area contributed by atoms with E-state index in [4.69, 9.17) is 5.11 Å². The molecule has 21 heavy (non-hydrogen) atoms. The van der Waals surface area contributed by atoms with E-state index in [1.165, 1.54) is 0 Å². The monoisotopic (exact) mass is 310 g/mol. The van der Waals surface area contributed by atoms with Gasteiger partial charge in [-0.25, -0.2) is 4.79 Å². The first-order chi connectivity index (χ1) is 10.1. The number of benzene rings is 1. The van der Waals surface area contributed by atoms with Gasteiger partial charge in [0.25, 0.3) is 0 Å². The summed E-state index contributed by atoms with van der Waals surface area (Å²) in [7, 11) is -0.851. The average molecular weight is 310 g/mol. The summed E-state index contributed by atoms with van der Waals surface area (Å²) in [5.74, 6) is -0.0195. The number of amides is 2. The largest absolute Gasteiger partial charge is 0.481 e. The van der Waals surface area contributed by atoms with Gasteiger partial charge in [0, 0.05) is 35.4 Å². The van der Waals surface area contributed by atoms with Crippen molar-refractivity contribution in [2.24, 2.45) is 0 Å². The molecule has 6 nitrogen and oxygen atoms in total. The standard InChI is InChI=1S/C14H18N2O4S/c17-13(18)10-12(11-4-2-1-3-5-11)15-14(19)16-6-8-21(20)9-7-16/h1-5,12H,6-10H2,(H,15,19)(H,17,18). The number of aliphatic carboxylic acids is 1. The Hall–Kier alpha value is -1.89. The summed E-state index contributed by atoms with van der Waals surface area (Å²) in [6, 6.07) is 8.16. The molecule has 1 atom stereocenters. The van der Waals surface area contributed by atoms with E-state index >= 15 is 0 Å². The SMILES string of the molecule is O=C(O)CC(NC(=O)N1CCS(=O)CC1)c1ccccc1. The highest BCUT2D eigenvalue weighted by atomic mass is 32.2. The molecule has 0 radical (unpaired) electrons. The van der Waals surface area contributed by atoms with E-state index in [0.29, 0.717) is 24.6 Å². The Bertz CT molecular complexity index is 525. The summed E-state index contributed by atoms with van der Waals surface area (Å²) in [6.07, 6.45) is -0.171. The lowest BCUT2D eigenvalue weighted by molar-refractivity contribution is -0.137. The van der Waals surface area contributed by atoms with Crippen molar-refractivity contribution in [3.05, 3.63) is 35.9 Å². The second-order valence-electron chi connectivity index (χ2n) is 4.85. The van der Waals surface area contributed by atoms with E-state index < -0.39 is 22.8 Å². The van der Waals surface area contributed by atoms with Crippen molar-refractivity contribution < 1.29 is 18.9 Å². The molecule has 2 amide bonds. The van der Waals surface area contributed by atoms with Crippen LogP contribution in [0.5, 0.6) is 0 Å². The van der Waals surface area contributed by atoms with Crippen molar-refractivity contribution in [2.45, 2.75) is 12.5 Å². The molecule has 2 N–H and O–H groups in total. The molecular weight excluding hydrogens is 292 g/mol. The Balaban J connectivity index is 2.03. The second-order valence-corrected chi connectivity index (χ2v) is 6.54. The summed E-state index contributed by atoms with van der Waals surface area (Å²) in [6.45, 7) is 0.875. The van der Waals surface area contributed by atoms with Gasteiger partial charge in [-0.2, -0.15) is 0 Å². The van der Waals surface area contributed by atoms with Crippen molar-refractivity contribution in [2.75, 3.05) is 24.6 Å². The number of rotatable bonds is 4. The molecule has 1 aromatic rings. The van der Waals surface area contributed by atoms with Crippen molar-refractivity contribution in [3.8, 4) is 0 Å². The molecule has 7 heteroatoms. The fourth-order valence-corrected chi connectivity index (χ4v) is 3.25. The minimum atomic E-state index is -0.969. The third-order valence-electron chi connectivity index (χ3n) is 3.34. The molecule has 0 aliphatic carbocycles. The van der Waals surface area contributed by atoms with Crippen LogP contribution in [0.1, 0.15) is 18.0 Å². The molecule has 0 aromatic heterocycles. The predicted molar refractivity (Wildman–Crippen MR) is 79.4 cm³/mol. The number of carboxylic acid groups (broad SMARTS) is 1. The van der Waals surface area contributed by atoms with Gasteiger partial charge in [0.05, 0.1) is 12.5 Å². The van der Waals surface area contributed by atoms with Gasteiger partial charge >= 0.3 is 12.0 Å². The Morgan fingerprint density at radius 2 is 1.86 bits per heavy atom. The number of nitrogens with one attached hydrogen (secondary N) is 1. The molecule has 0 bridgehead atoms. The number of nitrogens with zero attached hydrogens (tertiary/aromatic N) is 1. The van der Waals surface area contributed by atoms with E-state index in [0.717, 1.165) is 5.56 Å². The van der Waals surface area contributed by atoms with E-state index in [-0.39, 0.29) is 12.5 Å². The van der Waals surface area contributed by atoms with Crippen LogP contribution in [-0.4, -0.2) is 50.8 Å². The molecule has 1 fully saturated rings. The maximum Gasteiger partial charge on any atom is 0.317 e. The summed E-state index contributed by atoms with van der Waals surface area (Å²) < 4.78 is 11.3. The average Bonchev–Trinajstić information content (AvgIpc) is 2.47. The first-order valence-electron chi connectivity index (χ1n) is 6.73. The zero-order chi connectivity index (χ0) is 15.2. The molecule has 1 aromatic carbocycles. The van der Waals surface area contributed by atoms with Crippen molar-refractivity contribution >= 4 is 22.8 Å². The van der Waals surface area contributed by atoms with E-state index in [1.807, 2.05) is 6.07 Å². The molecule has 1 heterocycles. The molecule has 114 valence electrons. The normalized spacial score (nSPS) is 17.2. The Labute approximate surface area is 125 Å². The van der Waals surface area contributed by atoms with Gasteiger partial charge in [-0.3, -0.25) is 9.00 Å². The van der Waals surface area contributed by atoms with Crippen LogP contribution in [0.25, 0.3) is 0 Å². The highest BCUT2D eigenvalue weighted by Gasteiger charge is 2.24. The molecule has 0 saturated carbocycles. The van der Waals surface area contributed by atoms with E-state index in [1.54, 1.807) is 29.2 Å². The van der Waals surface area contributed by atoms with Gasteiger partial charge in [-0.15, -0.1) is 0 Å². The number of carboxylic acids is 1. The Morgan fingerprint density at radius 3 is 2.43 bits per heavy atom. The minimum absolute atomic E-state index is 0.171. The van der Waals surface area contributed by atoms with Crippen LogP contribution >= 0.6 is 0 Å². The Morgan fingerprint density at radius 1 is 1.24 bits per heavy atom. The van der Waals surface area contributed by atoms with Gasteiger partial charge in [0.1, 0.15) is 0 Å². The molecule has 1 aliphatic heterocycles. The lowest BCUT2D eigenvalue weighted by Gasteiger charge is -2.28. The summed E-state index contributed by atoms with van der Waals surface area (Å²) >= 11 is 0. The van der Waals surface area contributed by atoms with Crippen LogP contribution in [0, 0.1) is 0 Å². The topological polar surface area (TPSA) is 86.7 Å². The van der Waals surface area contributed by atoms with Crippen molar-refractivity contribution in [1.29, 1.82) is 0 Å². The number of hydrogen-bond donors (Lipinski definition) is 2. The number of urea groups is 1. The van der Waals surface area contributed by atoms with Crippen LogP contribution in [0.2, 0.25) is 0 Å². The zero-order valence-corrected chi connectivity index (χ0v) is 12.3. The van der Waals surface area contributed by atoms with Crippen LogP contribution in [0.15, 0.2) is 30.3 Å². The molecule has 1 aliphatic rings. The van der Waals surface area contributed by atoms with Crippen molar-refractivity contribution in [3.63, 3.8) is 0 Å². The van der Waals surface area contributed by atoms with E-state index in [9.17, 15) is 13.8 Å². The Kier molecular flexibility index (Phi) is 5.32. The van der Waals surface area contributed by atoms with Gasteiger partial charge < -0.3 is 15.3 Å². The maximum absolute atomic E-state index is 12.2. The minimum Gasteiger partial charge on any atom is -0.481 e. The fraction of sp³-hybridized carbons (Fsp3) is 0.429. The van der Waals surface area contributed by atoms with Crippen LogP contribution < -0.4 is 5.32 Å². The third-order valence-corrected chi connectivity index (χ3v) is 4.62. The highest BCUT2D eigenvalue weighted by Crippen LogP contribution is 2.17. The lowest BCUT2D eigenvalue weighted by Crippen LogP contribution is -2.48. The van der Waals surface area contributed by atoms with Crippen LogP contribution in [0.3, 0.4) is 0 Å². The fourth-order valence-electron chi connectivity index (χ4n) is 2.19. The van der Waals surface area contributed by atoms with E-state index in [2.05, 4.69) is 5.32 Å². The molecule has 0 spiro atoms. The van der Waals surface area contributed by atoms with Gasteiger partial charge in [0.15, 0.2) is 0 Å². The number of carbonyl (C=O) groups is 2. The zero-order valence-electron chi connectivity index (χ0n) is 11.5. The smallest absolute Gasteiger partial charge is 0.317 e. The lowest BCUT2D eigenvalue weighted by atomic mass is 10.0. The summed E-state index contributed by atoms with van der Waals surface area (Å²) in [5.41, 5.74) is 0.758. The van der Waals surface area contributed by atoms with Gasteiger partial charge in [0.2, 0.25) is 0 Å². The molecular formula is C14H18N2O4S. The quantitative estimate of drug-likeness (QED) is 0.868. The van der Waals surface area contributed by atoms with Crippen LogP contribution in [-0.2, 0) is 15.6 Å². The number of carbonyl (C=O) groups excluding carboxylic acids is 1. The first-order valence-corrected chi connectivity index (χ1v) is 8.22. The number of hydrogen-bond acceptors (Lipinski definition) is 3. The summed E-state index contributed by atoms with van der Waals surface area (Å²) in [4.78, 5) is 24.8. The second kappa shape index (κ2) is 7.21. The molecule has 2 rings (SSSR count). The third kappa shape index (κ3) is 4.56. The maximum atomic E-state index is 12.2. The highest BCUT2D eigenvalue weighted by molar-refractivity contribution is 7.85. The van der Waals surface area contributed by atoms with Gasteiger partial charge in [-0.1, -0.05) is 30.3 Å². The summed E-state index contributed by atoms with van der Waals surface area (Å²) in [5, 5.41) is 11.8. The molecule has 1 saturated heterocycles. The van der Waals surface area contributed by atoms with Crippen molar-refractivity contribution in [1.82, 2.24) is 10.2 Å². The van der Waals surface area contributed by atoms with Crippen LogP contribution in [0.4, 0.5) is 4.79 Å². The first kappa shape index (κ1) is 15.5. The van der Waals surface area contributed by atoms with Gasteiger partial charge in [-0.05, 0) is 5.56 Å². The molecule has 1 unspecified atom stereocenters.